The molecule has 0 saturated carbocycles. The first-order valence-corrected chi connectivity index (χ1v) is 7.67. The minimum Gasteiger partial charge on any atom is -0.471 e. The van der Waals surface area contributed by atoms with Crippen LogP contribution in [-0.4, -0.2) is 52.1 Å². The fraction of sp³-hybridized carbons (Fsp3) is 0.600. The molecule has 22 heavy (non-hydrogen) atoms. The van der Waals surface area contributed by atoms with Gasteiger partial charge >= 0.3 is 0 Å². The van der Waals surface area contributed by atoms with Crippen molar-refractivity contribution < 1.29 is 14.3 Å². The van der Waals surface area contributed by atoms with Gasteiger partial charge in [0.15, 0.2) is 0 Å². The number of ether oxygens (including phenoxy) is 1. The summed E-state index contributed by atoms with van der Waals surface area (Å²) >= 11 is 0. The van der Waals surface area contributed by atoms with Crippen LogP contribution in [0.4, 0.5) is 0 Å². The molecule has 3 rings (SSSR count). The molecule has 0 aliphatic carbocycles. The minimum atomic E-state index is -0.370. The van der Waals surface area contributed by atoms with Gasteiger partial charge in [0.1, 0.15) is 12.1 Å². The van der Waals surface area contributed by atoms with Gasteiger partial charge in [0.05, 0.1) is 12.2 Å². The number of aryl methyl sites for hydroxylation is 1. The van der Waals surface area contributed by atoms with Gasteiger partial charge in [-0.05, 0) is 32.3 Å². The average Bonchev–Trinajstić information content (AvgIpc) is 2.96. The molecule has 2 amide bonds. The molecular formula is C15H20N4O3. The van der Waals surface area contributed by atoms with E-state index in [-0.39, 0.29) is 24.0 Å². The van der Waals surface area contributed by atoms with Crippen molar-refractivity contribution in [2.45, 2.75) is 44.8 Å². The Morgan fingerprint density at radius 3 is 2.91 bits per heavy atom. The summed E-state index contributed by atoms with van der Waals surface area (Å²) in [6.07, 6.45) is 2.71. The van der Waals surface area contributed by atoms with Crippen LogP contribution in [0.15, 0.2) is 12.1 Å². The van der Waals surface area contributed by atoms with Crippen molar-refractivity contribution in [3.8, 4) is 5.88 Å². The lowest BCUT2D eigenvalue weighted by Crippen LogP contribution is -2.50. The van der Waals surface area contributed by atoms with Gasteiger partial charge in [-0.3, -0.25) is 9.59 Å². The highest BCUT2D eigenvalue weighted by atomic mass is 16.5. The smallest absolute Gasteiger partial charge is 0.245 e. The number of hydrogen-bond acceptors (Lipinski definition) is 5. The molecule has 1 aromatic rings. The second kappa shape index (κ2) is 6.29. The number of nitrogens with one attached hydrogen (secondary N) is 1. The van der Waals surface area contributed by atoms with Crippen molar-refractivity contribution in [2.24, 2.45) is 0 Å². The van der Waals surface area contributed by atoms with Gasteiger partial charge in [0.2, 0.25) is 17.7 Å². The van der Waals surface area contributed by atoms with Crippen molar-refractivity contribution in [2.75, 3.05) is 13.1 Å². The van der Waals surface area contributed by atoms with Crippen LogP contribution in [0.25, 0.3) is 0 Å². The topological polar surface area (TPSA) is 84.4 Å². The van der Waals surface area contributed by atoms with Crippen LogP contribution in [0.2, 0.25) is 0 Å². The zero-order valence-electron chi connectivity index (χ0n) is 12.6. The minimum absolute atomic E-state index is 0.00543. The van der Waals surface area contributed by atoms with Gasteiger partial charge in [-0.2, -0.15) is 5.10 Å². The highest BCUT2D eigenvalue weighted by molar-refractivity contribution is 5.90. The molecule has 118 valence electrons. The molecule has 7 heteroatoms. The first-order chi connectivity index (χ1) is 10.6. The maximum atomic E-state index is 12.4. The molecule has 0 unspecified atom stereocenters. The van der Waals surface area contributed by atoms with Crippen LogP contribution in [0.1, 0.15) is 31.4 Å². The Labute approximate surface area is 129 Å². The zero-order chi connectivity index (χ0) is 15.5. The van der Waals surface area contributed by atoms with E-state index in [1.807, 2.05) is 13.0 Å². The second-order valence-electron chi connectivity index (χ2n) is 5.84. The van der Waals surface area contributed by atoms with E-state index in [2.05, 4.69) is 15.5 Å². The maximum absolute atomic E-state index is 12.4. The monoisotopic (exact) mass is 304 g/mol. The van der Waals surface area contributed by atoms with Gasteiger partial charge in [-0.1, -0.05) is 0 Å². The Hall–Kier alpha value is -2.18. The molecule has 0 bridgehead atoms. The first-order valence-electron chi connectivity index (χ1n) is 7.67. The number of amides is 2. The lowest BCUT2D eigenvalue weighted by molar-refractivity contribution is -0.136. The third-order valence-corrected chi connectivity index (χ3v) is 4.04. The molecule has 1 N–H and O–H groups in total. The van der Waals surface area contributed by atoms with Crippen molar-refractivity contribution >= 4 is 11.8 Å². The predicted octanol–water partition coefficient (Wildman–Crippen LogP) is 0.433. The fourth-order valence-electron chi connectivity index (χ4n) is 2.87. The van der Waals surface area contributed by atoms with Crippen LogP contribution >= 0.6 is 0 Å². The van der Waals surface area contributed by atoms with Crippen molar-refractivity contribution in [3.63, 3.8) is 0 Å². The van der Waals surface area contributed by atoms with Crippen LogP contribution in [0, 0.1) is 6.92 Å². The summed E-state index contributed by atoms with van der Waals surface area (Å²) in [5.74, 6) is 0.436. The normalized spacial score (nSPS) is 25.0. The Morgan fingerprint density at radius 2 is 2.23 bits per heavy atom. The van der Waals surface area contributed by atoms with E-state index in [1.54, 1.807) is 11.0 Å². The average molecular weight is 304 g/mol. The van der Waals surface area contributed by atoms with Gasteiger partial charge < -0.3 is 15.0 Å². The van der Waals surface area contributed by atoms with Gasteiger partial charge in [-0.25, -0.2) is 0 Å². The number of aromatic nitrogens is 2. The molecular weight excluding hydrogens is 284 g/mol. The summed E-state index contributed by atoms with van der Waals surface area (Å²) in [4.78, 5) is 25.5. The number of rotatable bonds is 3. The first kappa shape index (κ1) is 14.7. The van der Waals surface area contributed by atoms with Crippen LogP contribution in [0.5, 0.6) is 5.88 Å². The number of carbonyl (C=O) groups is 2. The van der Waals surface area contributed by atoms with E-state index in [1.165, 1.54) is 0 Å². The van der Waals surface area contributed by atoms with E-state index in [9.17, 15) is 9.59 Å². The number of carbonyl (C=O) groups excluding carboxylic acids is 2. The molecule has 1 aromatic heterocycles. The largest absolute Gasteiger partial charge is 0.471 e. The molecule has 2 fully saturated rings. The molecule has 0 radical (unpaired) electrons. The lowest BCUT2D eigenvalue weighted by Gasteiger charge is -2.33. The highest BCUT2D eigenvalue weighted by Crippen LogP contribution is 2.19. The number of likely N-dealkylation sites (tertiary alicyclic amines) is 1. The van der Waals surface area contributed by atoms with E-state index < -0.39 is 0 Å². The van der Waals surface area contributed by atoms with Crippen LogP contribution in [-0.2, 0) is 9.59 Å². The van der Waals surface area contributed by atoms with E-state index in [0.29, 0.717) is 31.8 Å². The van der Waals surface area contributed by atoms with E-state index in [4.69, 9.17) is 4.74 Å². The van der Waals surface area contributed by atoms with Gasteiger partial charge in [-0.15, -0.1) is 5.10 Å². The predicted molar refractivity (Wildman–Crippen MR) is 78.2 cm³/mol. The highest BCUT2D eigenvalue weighted by Gasteiger charge is 2.33. The Kier molecular flexibility index (Phi) is 4.22. The second-order valence-corrected chi connectivity index (χ2v) is 5.84. The zero-order valence-corrected chi connectivity index (χ0v) is 12.6. The third-order valence-electron chi connectivity index (χ3n) is 4.04. The third kappa shape index (κ3) is 3.35. The molecule has 3 heterocycles. The Balaban J connectivity index is 1.58. The van der Waals surface area contributed by atoms with Crippen molar-refractivity contribution in [1.29, 1.82) is 0 Å². The fourth-order valence-corrected chi connectivity index (χ4v) is 2.87. The Morgan fingerprint density at radius 1 is 1.36 bits per heavy atom. The van der Waals surface area contributed by atoms with Crippen LogP contribution < -0.4 is 10.1 Å². The molecule has 2 aliphatic heterocycles. The maximum Gasteiger partial charge on any atom is 0.245 e. The van der Waals surface area contributed by atoms with Crippen molar-refractivity contribution in [1.82, 2.24) is 20.4 Å². The van der Waals surface area contributed by atoms with Gasteiger partial charge in [0, 0.05) is 19.0 Å². The van der Waals surface area contributed by atoms with E-state index in [0.717, 1.165) is 18.5 Å². The van der Waals surface area contributed by atoms with E-state index >= 15 is 0 Å². The molecule has 2 atom stereocenters. The lowest BCUT2D eigenvalue weighted by atomic mass is 10.1. The SMILES string of the molecule is Cc1ccc(O[C@H]2CCCN(C(=O)[C@H]3CCC(=O)N3)C2)nn1. The summed E-state index contributed by atoms with van der Waals surface area (Å²) in [6, 6.07) is 3.27. The molecule has 2 saturated heterocycles. The molecule has 0 aromatic carbocycles. The van der Waals surface area contributed by atoms with Gasteiger partial charge in [0.25, 0.3) is 0 Å². The molecule has 0 spiro atoms. The number of nitrogens with zero attached hydrogens (tertiary/aromatic N) is 3. The summed E-state index contributed by atoms with van der Waals surface area (Å²) in [6.45, 7) is 3.11. The van der Waals surface area contributed by atoms with Crippen LogP contribution in [0.3, 0.4) is 0 Å². The summed E-state index contributed by atoms with van der Waals surface area (Å²) < 4.78 is 5.82. The summed E-state index contributed by atoms with van der Waals surface area (Å²) in [5.41, 5.74) is 0.838. The summed E-state index contributed by atoms with van der Waals surface area (Å²) in [5, 5.41) is 10.7. The number of piperidine rings is 1. The summed E-state index contributed by atoms with van der Waals surface area (Å²) in [7, 11) is 0. The Bertz CT molecular complexity index is 560. The number of hydrogen-bond donors (Lipinski definition) is 1. The quantitative estimate of drug-likeness (QED) is 0.875. The molecule has 2 aliphatic rings. The van der Waals surface area contributed by atoms with Crippen molar-refractivity contribution in [3.05, 3.63) is 17.8 Å². The standard InChI is InChI=1S/C15H20N4O3/c1-10-4-7-14(18-17-10)22-11-3-2-8-19(9-11)15(21)12-5-6-13(20)16-12/h4,7,11-12H,2-3,5-6,8-9H2,1H3,(H,16,20)/t11-,12+/m0/s1. The molecule has 7 nitrogen and oxygen atoms in total.